The van der Waals surface area contributed by atoms with E-state index in [2.05, 4.69) is 4.74 Å². The quantitative estimate of drug-likeness (QED) is 0.933. The number of hydrogen-bond donors (Lipinski definition) is 1. The van der Waals surface area contributed by atoms with Gasteiger partial charge in [-0.1, -0.05) is 6.92 Å². The van der Waals surface area contributed by atoms with Crippen LogP contribution in [0.1, 0.15) is 18.9 Å². The zero-order valence-corrected chi connectivity index (χ0v) is 11.3. The minimum atomic E-state index is -4.49. The van der Waals surface area contributed by atoms with Gasteiger partial charge in [0, 0.05) is 5.56 Å². The Balaban J connectivity index is 2.37. The first-order valence-corrected chi connectivity index (χ1v) is 7.37. The monoisotopic (exact) mass is 307 g/mol. The number of sulfone groups is 1. The number of alkyl halides is 3. The van der Waals surface area contributed by atoms with E-state index in [1.165, 1.54) is 12.1 Å². The molecule has 0 unspecified atom stereocenters. The van der Waals surface area contributed by atoms with Crippen molar-refractivity contribution in [2.75, 3.05) is 6.61 Å². The Bertz CT molecular complexity index is 652. The Hall–Kier alpha value is -1.57. The van der Waals surface area contributed by atoms with E-state index >= 15 is 0 Å². The minimum absolute atomic E-state index is 0.0233. The second kappa shape index (κ2) is 4.76. The molecule has 0 aliphatic carbocycles. The van der Waals surface area contributed by atoms with Crippen molar-refractivity contribution in [2.45, 2.75) is 29.7 Å². The predicted octanol–water partition coefficient (Wildman–Crippen LogP) is 2.56. The molecule has 2 rings (SSSR count). The molecule has 0 saturated heterocycles. The van der Waals surface area contributed by atoms with Crippen molar-refractivity contribution in [3.8, 4) is 5.75 Å². The third-order valence-corrected chi connectivity index (χ3v) is 5.29. The van der Waals surface area contributed by atoms with Gasteiger partial charge in [-0.05, 0) is 24.6 Å². The molecule has 0 amide bonds. The highest BCUT2D eigenvalue weighted by molar-refractivity contribution is 7.93. The molecule has 1 aromatic carbocycles. The fourth-order valence-electron chi connectivity index (χ4n) is 2.12. The molecule has 0 aromatic heterocycles. The average molecular weight is 307 g/mol. The van der Waals surface area contributed by atoms with Crippen LogP contribution in [0.3, 0.4) is 0 Å². The maximum Gasteiger partial charge on any atom is 0.422 e. The first-order valence-electron chi connectivity index (χ1n) is 5.83. The van der Waals surface area contributed by atoms with Crippen LogP contribution in [0.15, 0.2) is 23.1 Å². The summed E-state index contributed by atoms with van der Waals surface area (Å²) < 4.78 is 65.1. The van der Waals surface area contributed by atoms with E-state index in [0.29, 0.717) is 0 Å². The maximum absolute atomic E-state index is 12.2. The number of nitrogens with one attached hydrogen (secondary N) is 1. The van der Waals surface area contributed by atoms with Crippen LogP contribution in [0.4, 0.5) is 13.2 Å². The Morgan fingerprint density at radius 2 is 2.00 bits per heavy atom. The van der Waals surface area contributed by atoms with E-state index in [1.54, 1.807) is 6.92 Å². The second-order valence-corrected chi connectivity index (χ2v) is 6.52. The first-order chi connectivity index (χ1) is 9.16. The Morgan fingerprint density at radius 1 is 1.35 bits per heavy atom. The second-order valence-electron chi connectivity index (χ2n) is 4.42. The van der Waals surface area contributed by atoms with Crippen LogP contribution in [0, 0.1) is 5.41 Å². The summed E-state index contributed by atoms with van der Waals surface area (Å²) in [6.07, 6.45) is -4.24. The van der Waals surface area contributed by atoms with E-state index in [-0.39, 0.29) is 28.3 Å². The fourth-order valence-corrected chi connectivity index (χ4v) is 4.07. The summed E-state index contributed by atoms with van der Waals surface area (Å²) in [4.78, 5) is -0.131. The minimum Gasteiger partial charge on any atom is -0.484 e. The van der Waals surface area contributed by atoms with Crippen LogP contribution in [0.2, 0.25) is 0 Å². The zero-order chi connectivity index (χ0) is 15.1. The van der Waals surface area contributed by atoms with Crippen LogP contribution in [0.25, 0.3) is 0 Å². The summed E-state index contributed by atoms with van der Waals surface area (Å²) in [5.74, 6) is -0.172. The summed E-state index contributed by atoms with van der Waals surface area (Å²) in [5.41, 5.74) is 0.209. The number of hydrogen-bond acceptors (Lipinski definition) is 4. The third-order valence-electron chi connectivity index (χ3n) is 3.02. The van der Waals surface area contributed by atoms with Crippen LogP contribution < -0.4 is 4.74 Å². The molecular formula is C12H12F3NO3S. The number of rotatable bonds is 3. The number of benzene rings is 1. The molecule has 1 atom stereocenters. The molecule has 4 nitrogen and oxygen atoms in total. The van der Waals surface area contributed by atoms with Crippen molar-refractivity contribution in [3.05, 3.63) is 23.8 Å². The normalized spacial score (nSPS) is 20.8. The van der Waals surface area contributed by atoms with Gasteiger partial charge in [0.05, 0.1) is 10.6 Å². The Labute approximate surface area is 114 Å². The van der Waals surface area contributed by atoms with Gasteiger partial charge in [0.15, 0.2) is 16.4 Å². The van der Waals surface area contributed by atoms with Crippen molar-refractivity contribution in [1.29, 1.82) is 5.41 Å². The van der Waals surface area contributed by atoms with Crippen molar-refractivity contribution in [1.82, 2.24) is 0 Å². The number of ether oxygens (including phenoxy) is 1. The van der Waals surface area contributed by atoms with Gasteiger partial charge >= 0.3 is 6.18 Å². The Morgan fingerprint density at radius 3 is 2.55 bits per heavy atom. The molecule has 8 heteroatoms. The SMILES string of the molecule is CC[C@H]1C(=N)c2ccc(OCC(F)(F)F)cc2S1(=O)=O. The van der Waals surface area contributed by atoms with Crippen LogP contribution in [-0.2, 0) is 9.84 Å². The van der Waals surface area contributed by atoms with Gasteiger partial charge in [0.2, 0.25) is 0 Å². The topological polar surface area (TPSA) is 67.2 Å². The highest BCUT2D eigenvalue weighted by Gasteiger charge is 2.40. The van der Waals surface area contributed by atoms with Crippen molar-refractivity contribution < 1.29 is 26.3 Å². The molecule has 1 heterocycles. The van der Waals surface area contributed by atoms with Gasteiger partial charge in [0.1, 0.15) is 11.0 Å². The lowest BCUT2D eigenvalue weighted by atomic mass is 10.1. The fraction of sp³-hybridized carbons (Fsp3) is 0.417. The van der Waals surface area contributed by atoms with E-state index in [1.807, 2.05) is 0 Å². The molecule has 20 heavy (non-hydrogen) atoms. The van der Waals surface area contributed by atoms with Gasteiger partial charge in [-0.25, -0.2) is 8.42 Å². The van der Waals surface area contributed by atoms with E-state index < -0.39 is 27.9 Å². The predicted molar refractivity (Wildman–Crippen MR) is 66.1 cm³/mol. The van der Waals surface area contributed by atoms with E-state index in [0.717, 1.165) is 6.07 Å². The first kappa shape index (κ1) is 14.8. The molecule has 0 bridgehead atoms. The summed E-state index contributed by atoms with van der Waals surface area (Å²) in [6.45, 7) is 0.157. The molecular weight excluding hydrogens is 295 g/mol. The van der Waals surface area contributed by atoms with Gasteiger partial charge in [-0.2, -0.15) is 13.2 Å². The largest absolute Gasteiger partial charge is 0.484 e. The van der Waals surface area contributed by atoms with Crippen molar-refractivity contribution in [3.63, 3.8) is 0 Å². The highest BCUT2D eigenvalue weighted by atomic mass is 32.2. The van der Waals surface area contributed by atoms with Gasteiger partial charge < -0.3 is 10.1 Å². The lowest BCUT2D eigenvalue weighted by molar-refractivity contribution is -0.153. The summed E-state index contributed by atoms with van der Waals surface area (Å²) in [6, 6.07) is 3.61. The van der Waals surface area contributed by atoms with Crippen molar-refractivity contribution >= 4 is 15.5 Å². The smallest absolute Gasteiger partial charge is 0.422 e. The van der Waals surface area contributed by atoms with Gasteiger partial charge in [-0.3, -0.25) is 0 Å². The molecule has 0 spiro atoms. The lowest BCUT2D eigenvalue weighted by Crippen LogP contribution is -2.21. The number of halogens is 3. The van der Waals surface area contributed by atoms with Crippen molar-refractivity contribution in [2.24, 2.45) is 0 Å². The standard InChI is InChI=1S/C12H12F3NO3S/c1-2-9-11(16)8-4-3-7(19-6-12(13,14)15)5-10(8)20(9,17)18/h3-5,9,16H,2,6H2,1H3/t9-/m0/s1. The summed E-state index contributed by atoms with van der Waals surface area (Å²) in [7, 11) is -3.71. The lowest BCUT2D eigenvalue weighted by Gasteiger charge is -2.10. The van der Waals surface area contributed by atoms with Gasteiger partial charge in [-0.15, -0.1) is 0 Å². The summed E-state index contributed by atoms with van der Waals surface area (Å²) >= 11 is 0. The third kappa shape index (κ3) is 2.52. The maximum atomic E-state index is 12.2. The molecule has 0 saturated carbocycles. The molecule has 1 aliphatic rings. The van der Waals surface area contributed by atoms with Crippen LogP contribution in [-0.4, -0.2) is 32.2 Å². The zero-order valence-electron chi connectivity index (χ0n) is 10.5. The van der Waals surface area contributed by atoms with Crippen LogP contribution >= 0.6 is 0 Å². The van der Waals surface area contributed by atoms with Gasteiger partial charge in [0.25, 0.3) is 0 Å². The molecule has 1 aromatic rings. The molecule has 0 fully saturated rings. The molecule has 0 radical (unpaired) electrons. The average Bonchev–Trinajstić information content (AvgIpc) is 2.53. The summed E-state index contributed by atoms with van der Waals surface area (Å²) in [5, 5.41) is 6.88. The van der Waals surface area contributed by atoms with E-state index in [4.69, 9.17) is 5.41 Å². The molecule has 1 N–H and O–H groups in total. The van der Waals surface area contributed by atoms with E-state index in [9.17, 15) is 21.6 Å². The molecule has 1 aliphatic heterocycles. The Kier molecular flexibility index (Phi) is 3.53. The molecule has 110 valence electrons. The number of fused-ring (bicyclic) bond motifs is 1. The highest BCUT2D eigenvalue weighted by Crippen LogP contribution is 2.35. The van der Waals surface area contributed by atoms with Crippen LogP contribution in [0.5, 0.6) is 5.75 Å².